The van der Waals surface area contributed by atoms with E-state index in [0.29, 0.717) is 0 Å². The summed E-state index contributed by atoms with van der Waals surface area (Å²) in [5.74, 6) is -0.717. The van der Waals surface area contributed by atoms with Crippen LogP contribution in [0.25, 0.3) is 10.8 Å². The van der Waals surface area contributed by atoms with E-state index in [4.69, 9.17) is 4.74 Å². The Balaban J connectivity index is 2.01. The Morgan fingerprint density at radius 1 is 1.11 bits per heavy atom. The summed E-state index contributed by atoms with van der Waals surface area (Å²) in [5, 5.41) is 4.60. The van der Waals surface area contributed by atoms with Crippen LogP contribution in [0.2, 0.25) is 0 Å². The first-order chi connectivity index (χ1) is 9.19. The van der Waals surface area contributed by atoms with Crippen LogP contribution in [0.15, 0.2) is 42.5 Å². The van der Waals surface area contributed by atoms with Gasteiger partial charge < -0.3 is 10.1 Å². The zero-order valence-corrected chi connectivity index (χ0v) is 10.7. The molecule has 0 bridgehead atoms. The summed E-state index contributed by atoms with van der Waals surface area (Å²) in [4.78, 5) is 22.5. The van der Waals surface area contributed by atoms with Crippen LogP contribution >= 0.6 is 0 Å². The lowest BCUT2D eigenvalue weighted by atomic mass is 10.1. The number of rotatable bonds is 4. The van der Waals surface area contributed by atoms with E-state index in [9.17, 15) is 9.59 Å². The van der Waals surface area contributed by atoms with Crippen molar-refractivity contribution >= 4 is 22.6 Å². The molecule has 0 aliphatic heterocycles. The van der Waals surface area contributed by atoms with Crippen LogP contribution in [0.4, 0.5) is 0 Å². The Hall–Kier alpha value is -2.36. The van der Waals surface area contributed by atoms with Gasteiger partial charge in [-0.15, -0.1) is 0 Å². The van der Waals surface area contributed by atoms with Gasteiger partial charge in [-0.1, -0.05) is 42.5 Å². The van der Waals surface area contributed by atoms with Gasteiger partial charge in [-0.05, 0) is 16.3 Å². The minimum atomic E-state index is -0.404. The smallest absolute Gasteiger partial charge is 0.310 e. The molecule has 0 heterocycles. The third-order valence-electron chi connectivity index (χ3n) is 2.81. The average Bonchev–Trinajstić information content (AvgIpc) is 2.44. The van der Waals surface area contributed by atoms with Gasteiger partial charge in [-0.2, -0.15) is 0 Å². The molecule has 0 saturated carbocycles. The van der Waals surface area contributed by atoms with Crippen molar-refractivity contribution in [3.63, 3.8) is 0 Å². The molecule has 2 aromatic carbocycles. The minimum Gasteiger partial charge on any atom is -0.455 e. The molecule has 1 amide bonds. The van der Waals surface area contributed by atoms with Crippen molar-refractivity contribution in [3.05, 3.63) is 48.0 Å². The number of carbonyl (C=O) groups is 2. The van der Waals surface area contributed by atoms with E-state index in [1.54, 1.807) is 0 Å². The van der Waals surface area contributed by atoms with Gasteiger partial charge in [0.25, 0.3) is 5.91 Å². The van der Waals surface area contributed by atoms with Crippen molar-refractivity contribution < 1.29 is 14.3 Å². The van der Waals surface area contributed by atoms with E-state index in [0.717, 1.165) is 16.3 Å². The zero-order chi connectivity index (χ0) is 13.7. The van der Waals surface area contributed by atoms with Crippen LogP contribution < -0.4 is 5.32 Å². The lowest BCUT2D eigenvalue weighted by Gasteiger charge is -2.05. The van der Waals surface area contributed by atoms with Crippen molar-refractivity contribution in [1.29, 1.82) is 0 Å². The number of amides is 1. The second-order valence-corrected chi connectivity index (χ2v) is 4.19. The van der Waals surface area contributed by atoms with Crippen LogP contribution in [0.3, 0.4) is 0 Å². The van der Waals surface area contributed by atoms with E-state index >= 15 is 0 Å². The van der Waals surface area contributed by atoms with Crippen LogP contribution in [-0.4, -0.2) is 25.5 Å². The molecule has 2 aromatic rings. The summed E-state index contributed by atoms with van der Waals surface area (Å²) in [6.45, 7) is -0.233. The number of ether oxygens (including phenoxy) is 1. The predicted molar refractivity (Wildman–Crippen MR) is 72.7 cm³/mol. The number of esters is 1. The first-order valence-electron chi connectivity index (χ1n) is 6.03. The number of benzene rings is 2. The topological polar surface area (TPSA) is 55.4 Å². The standard InChI is InChI=1S/C15H15NO3/c1-16-14(17)10-19-15(18)9-11-6-7-12-4-2-3-5-13(12)8-11/h2-8H,9-10H2,1H3,(H,16,17). The number of hydrogen-bond acceptors (Lipinski definition) is 3. The number of nitrogens with one attached hydrogen (secondary N) is 1. The monoisotopic (exact) mass is 257 g/mol. The van der Waals surface area contributed by atoms with Crippen LogP contribution in [0.5, 0.6) is 0 Å². The number of fused-ring (bicyclic) bond motifs is 1. The normalized spacial score (nSPS) is 10.2. The highest BCUT2D eigenvalue weighted by molar-refractivity contribution is 5.85. The number of hydrogen-bond donors (Lipinski definition) is 1. The molecule has 98 valence electrons. The lowest BCUT2D eigenvalue weighted by Crippen LogP contribution is -2.25. The molecule has 0 aliphatic rings. The van der Waals surface area contributed by atoms with Crippen molar-refractivity contribution in [2.45, 2.75) is 6.42 Å². The highest BCUT2D eigenvalue weighted by atomic mass is 16.5. The first-order valence-corrected chi connectivity index (χ1v) is 6.03. The Labute approximate surface area is 111 Å². The van der Waals surface area contributed by atoms with Crippen LogP contribution in [-0.2, 0) is 20.7 Å². The fourth-order valence-corrected chi connectivity index (χ4v) is 1.78. The van der Waals surface area contributed by atoms with Crippen molar-refractivity contribution in [2.24, 2.45) is 0 Å². The summed E-state index contributed by atoms with van der Waals surface area (Å²) >= 11 is 0. The molecule has 0 unspecified atom stereocenters. The molecule has 4 nitrogen and oxygen atoms in total. The lowest BCUT2D eigenvalue weighted by molar-refractivity contribution is -0.147. The van der Waals surface area contributed by atoms with Gasteiger partial charge in [0.15, 0.2) is 6.61 Å². The second kappa shape index (κ2) is 6.00. The van der Waals surface area contributed by atoms with E-state index in [-0.39, 0.29) is 18.9 Å². The van der Waals surface area contributed by atoms with Gasteiger partial charge in [-0.3, -0.25) is 9.59 Å². The van der Waals surface area contributed by atoms with Crippen LogP contribution in [0.1, 0.15) is 5.56 Å². The van der Waals surface area contributed by atoms with Crippen molar-refractivity contribution in [3.8, 4) is 0 Å². The highest BCUT2D eigenvalue weighted by Crippen LogP contribution is 2.16. The van der Waals surface area contributed by atoms with Gasteiger partial charge in [0, 0.05) is 7.05 Å². The molecule has 1 N–H and O–H groups in total. The largest absolute Gasteiger partial charge is 0.455 e. The SMILES string of the molecule is CNC(=O)COC(=O)Cc1ccc2ccccc2c1. The second-order valence-electron chi connectivity index (χ2n) is 4.19. The summed E-state index contributed by atoms with van der Waals surface area (Å²) in [5.41, 5.74) is 0.876. The van der Waals surface area contributed by atoms with Gasteiger partial charge in [0.05, 0.1) is 6.42 Å². The van der Waals surface area contributed by atoms with E-state index < -0.39 is 5.97 Å². The fraction of sp³-hybridized carbons (Fsp3) is 0.200. The Morgan fingerprint density at radius 3 is 2.58 bits per heavy atom. The summed E-state index contributed by atoms with van der Waals surface area (Å²) in [7, 11) is 1.50. The Kier molecular flexibility index (Phi) is 4.13. The third kappa shape index (κ3) is 3.55. The predicted octanol–water partition coefficient (Wildman–Crippen LogP) is 1.67. The summed E-state index contributed by atoms with van der Waals surface area (Å²) < 4.78 is 4.86. The van der Waals surface area contributed by atoms with Crippen molar-refractivity contribution in [2.75, 3.05) is 13.7 Å². The van der Waals surface area contributed by atoms with Gasteiger partial charge in [0.2, 0.25) is 0 Å². The third-order valence-corrected chi connectivity index (χ3v) is 2.81. The molecular formula is C15H15NO3. The van der Waals surface area contributed by atoms with Crippen LogP contribution in [0, 0.1) is 0 Å². The molecule has 0 radical (unpaired) electrons. The molecule has 0 aliphatic carbocycles. The van der Waals surface area contributed by atoms with Crippen molar-refractivity contribution in [1.82, 2.24) is 5.32 Å². The number of carbonyl (C=O) groups excluding carboxylic acids is 2. The minimum absolute atomic E-state index is 0.168. The van der Waals surface area contributed by atoms with E-state index in [1.165, 1.54) is 7.05 Å². The molecule has 0 aromatic heterocycles. The number of likely N-dealkylation sites (N-methyl/N-ethyl adjacent to an activating group) is 1. The van der Waals surface area contributed by atoms with Gasteiger partial charge >= 0.3 is 5.97 Å². The van der Waals surface area contributed by atoms with Gasteiger partial charge in [0.1, 0.15) is 0 Å². The average molecular weight is 257 g/mol. The maximum atomic E-state index is 11.6. The highest BCUT2D eigenvalue weighted by Gasteiger charge is 2.07. The molecule has 4 heteroatoms. The summed E-state index contributed by atoms with van der Waals surface area (Å²) in [6, 6.07) is 13.8. The maximum Gasteiger partial charge on any atom is 0.310 e. The first kappa shape index (κ1) is 13.1. The molecule has 0 atom stereocenters. The molecule has 0 saturated heterocycles. The molecule has 0 fully saturated rings. The zero-order valence-electron chi connectivity index (χ0n) is 10.7. The molecule has 19 heavy (non-hydrogen) atoms. The maximum absolute atomic E-state index is 11.6. The summed E-state index contributed by atoms with van der Waals surface area (Å²) in [6.07, 6.45) is 0.168. The van der Waals surface area contributed by atoms with E-state index in [1.807, 2.05) is 42.5 Å². The molecule has 0 spiro atoms. The molecular weight excluding hydrogens is 242 g/mol. The Bertz CT molecular complexity index is 607. The quantitative estimate of drug-likeness (QED) is 0.848. The van der Waals surface area contributed by atoms with E-state index in [2.05, 4.69) is 5.32 Å². The fourth-order valence-electron chi connectivity index (χ4n) is 1.78. The van der Waals surface area contributed by atoms with Gasteiger partial charge in [-0.25, -0.2) is 0 Å². The Morgan fingerprint density at radius 2 is 1.84 bits per heavy atom. The molecule has 2 rings (SSSR count).